The monoisotopic (exact) mass is 255 g/mol. The summed E-state index contributed by atoms with van der Waals surface area (Å²) in [6, 6.07) is 16.3. The molecule has 0 saturated carbocycles. The largest absolute Gasteiger partial charge is 0.457 e. The summed E-state index contributed by atoms with van der Waals surface area (Å²) in [4.78, 5) is 0. The number of rotatable bonds is 6. The van der Waals surface area contributed by atoms with Crippen molar-refractivity contribution in [2.75, 3.05) is 6.54 Å². The first-order chi connectivity index (χ1) is 9.31. The second-order valence-electron chi connectivity index (χ2n) is 4.65. The highest BCUT2D eigenvalue weighted by Gasteiger charge is 2.05. The van der Waals surface area contributed by atoms with Crippen LogP contribution in [0.3, 0.4) is 0 Å². The van der Waals surface area contributed by atoms with Gasteiger partial charge in [-0.05, 0) is 37.6 Å². The van der Waals surface area contributed by atoms with Gasteiger partial charge in [0, 0.05) is 12.1 Å². The van der Waals surface area contributed by atoms with Gasteiger partial charge in [0.25, 0.3) is 0 Å². The van der Waals surface area contributed by atoms with Crippen molar-refractivity contribution in [3.8, 4) is 11.5 Å². The lowest BCUT2D eigenvalue weighted by Crippen LogP contribution is -2.14. The molecule has 2 aromatic rings. The molecule has 0 unspecified atom stereocenters. The van der Waals surface area contributed by atoms with Crippen LogP contribution in [0.15, 0.2) is 48.5 Å². The fourth-order valence-corrected chi connectivity index (χ4v) is 1.94. The highest BCUT2D eigenvalue weighted by molar-refractivity contribution is 5.40. The Kier molecular flexibility index (Phi) is 4.99. The fraction of sp³-hybridized carbons (Fsp3) is 0.294. The Morgan fingerprint density at radius 1 is 0.947 bits per heavy atom. The highest BCUT2D eigenvalue weighted by atomic mass is 16.5. The van der Waals surface area contributed by atoms with Gasteiger partial charge >= 0.3 is 0 Å². The molecule has 2 aromatic carbocycles. The molecule has 2 nitrogen and oxygen atoms in total. The molecular formula is C17H21NO. The maximum atomic E-state index is 6.03. The van der Waals surface area contributed by atoms with E-state index in [1.165, 1.54) is 5.56 Å². The van der Waals surface area contributed by atoms with Crippen molar-refractivity contribution in [3.63, 3.8) is 0 Å². The minimum Gasteiger partial charge on any atom is -0.457 e. The Hall–Kier alpha value is -1.80. The molecule has 100 valence electrons. The van der Waals surface area contributed by atoms with Gasteiger partial charge in [-0.3, -0.25) is 0 Å². The second-order valence-corrected chi connectivity index (χ2v) is 4.65. The number of ether oxygens (including phenoxy) is 1. The van der Waals surface area contributed by atoms with E-state index in [-0.39, 0.29) is 0 Å². The van der Waals surface area contributed by atoms with E-state index in [9.17, 15) is 0 Å². The molecule has 1 N–H and O–H groups in total. The molecule has 0 aliphatic rings. The van der Waals surface area contributed by atoms with E-state index in [4.69, 9.17) is 4.74 Å². The number of hydrogen-bond acceptors (Lipinski definition) is 2. The predicted octanol–water partition coefficient (Wildman–Crippen LogP) is 4.29. The summed E-state index contributed by atoms with van der Waals surface area (Å²) in [7, 11) is 0. The molecule has 0 fully saturated rings. The summed E-state index contributed by atoms with van der Waals surface area (Å²) in [5.74, 6) is 1.85. The Balaban J connectivity index is 2.13. The first-order valence-electron chi connectivity index (χ1n) is 6.83. The van der Waals surface area contributed by atoms with Gasteiger partial charge in [-0.1, -0.05) is 43.3 Å². The molecular weight excluding hydrogens is 234 g/mol. The van der Waals surface area contributed by atoms with Crippen LogP contribution < -0.4 is 10.1 Å². The van der Waals surface area contributed by atoms with Crippen LogP contribution in [-0.4, -0.2) is 6.54 Å². The standard InChI is InChI=1S/C17H21NO/c1-3-12-18-13-15-9-5-7-11-17(15)19-16-10-6-4-8-14(16)2/h4-11,18H,3,12-13H2,1-2H3. The lowest BCUT2D eigenvalue weighted by Gasteiger charge is -2.13. The Bertz CT molecular complexity index is 522. The summed E-state index contributed by atoms with van der Waals surface area (Å²) in [6.07, 6.45) is 1.14. The predicted molar refractivity (Wildman–Crippen MR) is 79.7 cm³/mol. The van der Waals surface area contributed by atoms with Gasteiger partial charge < -0.3 is 10.1 Å². The van der Waals surface area contributed by atoms with Gasteiger partial charge in [-0.2, -0.15) is 0 Å². The third-order valence-electron chi connectivity index (χ3n) is 3.03. The normalized spacial score (nSPS) is 10.4. The molecule has 0 heterocycles. The molecule has 19 heavy (non-hydrogen) atoms. The van der Waals surface area contributed by atoms with Crippen molar-refractivity contribution < 1.29 is 4.74 Å². The van der Waals surface area contributed by atoms with Gasteiger partial charge in [0.1, 0.15) is 11.5 Å². The van der Waals surface area contributed by atoms with E-state index in [1.807, 2.05) is 36.4 Å². The Morgan fingerprint density at radius 3 is 2.37 bits per heavy atom. The van der Waals surface area contributed by atoms with Crippen LogP contribution in [0.4, 0.5) is 0 Å². The average molecular weight is 255 g/mol. The van der Waals surface area contributed by atoms with Gasteiger partial charge in [0.15, 0.2) is 0 Å². The van der Waals surface area contributed by atoms with Gasteiger partial charge in [-0.25, -0.2) is 0 Å². The Labute approximate surface area is 115 Å². The summed E-state index contributed by atoms with van der Waals surface area (Å²) in [5, 5.41) is 3.41. The molecule has 0 aromatic heterocycles. The van der Waals surface area contributed by atoms with Crippen LogP contribution in [0.25, 0.3) is 0 Å². The van der Waals surface area contributed by atoms with Crippen molar-refractivity contribution in [2.24, 2.45) is 0 Å². The molecule has 0 atom stereocenters. The molecule has 0 spiro atoms. The van der Waals surface area contributed by atoms with E-state index >= 15 is 0 Å². The SMILES string of the molecule is CCCNCc1ccccc1Oc1ccccc1C. The molecule has 2 rings (SSSR count). The van der Waals surface area contributed by atoms with E-state index in [0.717, 1.165) is 36.6 Å². The molecule has 2 heteroatoms. The number of para-hydroxylation sites is 2. The topological polar surface area (TPSA) is 21.3 Å². The number of aryl methyl sites for hydroxylation is 1. The number of hydrogen-bond donors (Lipinski definition) is 1. The van der Waals surface area contributed by atoms with Crippen LogP contribution >= 0.6 is 0 Å². The number of nitrogens with one attached hydrogen (secondary N) is 1. The zero-order chi connectivity index (χ0) is 13.5. The average Bonchev–Trinajstić information content (AvgIpc) is 2.43. The van der Waals surface area contributed by atoms with Gasteiger partial charge in [-0.15, -0.1) is 0 Å². The smallest absolute Gasteiger partial charge is 0.131 e. The maximum Gasteiger partial charge on any atom is 0.131 e. The fourth-order valence-electron chi connectivity index (χ4n) is 1.94. The third kappa shape index (κ3) is 3.83. The van der Waals surface area contributed by atoms with Gasteiger partial charge in [0.05, 0.1) is 0 Å². The van der Waals surface area contributed by atoms with Crippen molar-refractivity contribution in [1.82, 2.24) is 5.32 Å². The minimum absolute atomic E-state index is 0.843. The van der Waals surface area contributed by atoms with Crippen molar-refractivity contribution in [2.45, 2.75) is 26.8 Å². The second kappa shape index (κ2) is 6.95. The van der Waals surface area contributed by atoms with E-state index in [2.05, 4.69) is 31.3 Å². The van der Waals surface area contributed by atoms with Gasteiger partial charge in [0.2, 0.25) is 0 Å². The molecule has 0 amide bonds. The van der Waals surface area contributed by atoms with E-state index in [0.29, 0.717) is 0 Å². The molecule has 0 aliphatic carbocycles. The van der Waals surface area contributed by atoms with Crippen molar-refractivity contribution in [3.05, 3.63) is 59.7 Å². The Morgan fingerprint density at radius 2 is 1.63 bits per heavy atom. The van der Waals surface area contributed by atoms with Crippen LogP contribution in [0, 0.1) is 6.92 Å². The van der Waals surface area contributed by atoms with Crippen molar-refractivity contribution in [1.29, 1.82) is 0 Å². The summed E-state index contributed by atoms with van der Waals surface area (Å²) in [5.41, 5.74) is 2.35. The molecule has 0 bridgehead atoms. The van der Waals surface area contributed by atoms with Crippen LogP contribution in [-0.2, 0) is 6.54 Å². The third-order valence-corrected chi connectivity index (χ3v) is 3.03. The van der Waals surface area contributed by atoms with E-state index in [1.54, 1.807) is 0 Å². The maximum absolute atomic E-state index is 6.03. The molecule has 0 radical (unpaired) electrons. The molecule has 0 saturated heterocycles. The quantitative estimate of drug-likeness (QED) is 0.778. The summed E-state index contributed by atoms with van der Waals surface area (Å²) >= 11 is 0. The zero-order valence-corrected chi connectivity index (χ0v) is 11.6. The van der Waals surface area contributed by atoms with Crippen molar-refractivity contribution >= 4 is 0 Å². The van der Waals surface area contributed by atoms with E-state index < -0.39 is 0 Å². The lowest BCUT2D eigenvalue weighted by molar-refractivity contribution is 0.469. The first kappa shape index (κ1) is 13.6. The first-order valence-corrected chi connectivity index (χ1v) is 6.83. The number of benzene rings is 2. The van der Waals surface area contributed by atoms with Crippen LogP contribution in [0.2, 0.25) is 0 Å². The minimum atomic E-state index is 0.843. The highest BCUT2D eigenvalue weighted by Crippen LogP contribution is 2.27. The zero-order valence-electron chi connectivity index (χ0n) is 11.6. The van der Waals surface area contributed by atoms with Crippen LogP contribution in [0.5, 0.6) is 11.5 Å². The summed E-state index contributed by atoms with van der Waals surface area (Å²) < 4.78 is 6.03. The lowest BCUT2D eigenvalue weighted by atomic mass is 10.2. The summed E-state index contributed by atoms with van der Waals surface area (Å²) in [6.45, 7) is 6.10. The van der Waals surface area contributed by atoms with Crippen LogP contribution in [0.1, 0.15) is 24.5 Å². The molecule has 0 aliphatic heterocycles.